The Kier molecular flexibility index (Phi) is 5.12. The smallest absolute Gasteiger partial charge is 0.264 e. The van der Waals surface area contributed by atoms with Gasteiger partial charge in [-0.1, -0.05) is 35.9 Å². The van der Waals surface area contributed by atoms with Gasteiger partial charge in [-0.15, -0.1) is 0 Å². The van der Waals surface area contributed by atoms with Crippen LogP contribution in [0.4, 0.5) is 5.69 Å². The number of para-hydroxylation sites is 1. The van der Waals surface area contributed by atoms with Gasteiger partial charge in [0.1, 0.15) is 0 Å². The Morgan fingerprint density at radius 1 is 1.00 bits per heavy atom. The molecular formula is C18H23NO3S. The van der Waals surface area contributed by atoms with Crippen LogP contribution in [0.2, 0.25) is 0 Å². The minimum atomic E-state index is -3.67. The summed E-state index contributed by atoms with van der Waals surface area (Å²) in [5.74, 6) is 0. The molecule has 0 aromatic heterocycles. The Balaban J connectivity index is 2.41. The predicted molar refractivity (Wildman–Crippen MR) is 93.1 cm³/mol. The lowest BCUT2D eigenvalue weighted by molar-refractivity contribution is 0.0740. The molecule has 2 aromatic rings. The number of anilines is 1. The molecular weight excluding hydrogens is 310 g/mol. The van der Waals surface area contributed by atoms with Crippen molar-refractivity contribution < 1.29 is 13.5 Å². The van der Waals surface area contributed by atoms with Crippen LogP contribution in [0.15, 0.2) is 59.5 Å². The van der Waals surface area contributed by atoms with Crippen molar-refractivity contribution in [1.29, 1.82) is 0 Å². The molecule has 1 N–H and O–H groups in total. The number of hydrogen-bond acceptors (Lipinski definition) is 3. The molecule has 0 aliphatic carbocycles. The monoisotopic (exact) mass is 333 g/mol. The van der Waals surface area contributed by atoms with Gasteiger partial charge in [-0.2, -0.15) is 0 Å². The van der Waals surface area contributed by atoms with Gasteiger partial charge in [-0.3, -0.25) is 4.31 Å². The summed E-state index contributed by atoms with van der Waals surface area (Å²) in [5, 5.41) is 9.96. The van der Waals surface area contributed by atoms with Crippen molar-refractivity contribution in [2.75, 3.05) is 10.8 Å². The first-order chi connectivity index (χ1) is 10.7. The van der Waals surface area contributed by atoms with E-state index in [0.29, 0.717) is 12.1 Å². The van der Waals surface area contributed by atoms with E-state index in [1.54, 1.807) is 62.4 Å². The van der Waals surface area contributed by atoms with Gasteiger partial charge < -0.3 is 5.11 Å². The van der Waals surface area contributed by atoms with Gasteiger partial charge in [-0.05, 0) is 51.5 Å². The van der Waals surface area contributed by atoms with Gasteiger partial charge in [0.15, 0.2) is 0 Å². The highest BCUT2D eigenvalue weighted by atomic mass is 32.2. The summed E-state index contributed by atoms with van der Waals surface area (Å²) >= 11 is 0. The van der Waals surface area contributed by atoms with Crippen molar-refractivity contribution in [2.24, 2.45) is 0 Å². The van der Waals surface area contributed by atoms with Crippen LogP contribution in [0.1, 0.15) is 25.8 Å². The fourth-order valence-corrected chi connectivity index (χ4v) is 3.66. The van der Waals surface area contributed by atoms with Gasteiger partial charge >= 0.3 is 0 Å². The van der Waals surface area contributed by atoms with Crippen molar-refractivity contribution in [3.05, 3.63) is 60.2 Å². The average Bonchev–Trinajstić information content (AvgIpc) is 2.47. The number of aryl methyl sites for hydroxylation is 1. The van der Waals surface area contributed by atoms with Crippen LogP contribution in [0.5, 0.6) is 0 Å². The van der Waals surface area contributed by atoms with Crippen LogP contribution in [0.3, 0.4) is 0 Å². The van der Waals surface area contributed by atoms with E-state index in [1.165, 1.54) is 4.31 Å². The van der Waals surface area contributed by atoms with Crippen LogP contribution in [0, 0.1) is 6.92 Å². The number of rotatable bonds is 6. The molecule has 4 nitrogen and oxygen atoms in total. The number of sulfonamides is 1. The summed E-state index contributed by atoms with van der Waals surface area (Å²) in [6.07, 6.45) is 0.340. The molecule has 0 heterocycles. The zero-order chi connectivity index (χ0) is 17.1. The second-order valence-corrected chi connectivity index (χ2v) is 8.15. The molecule has 0 aliphatic heterocycles. The van der Waals surface area contributed by atoms with E-state index in [1.807, 2.05) is 13.0 Å². The van der Waals surface area contributed by atoms with Crippen LogP contribution in [-0.4, -0.2) is 25.7 Å². The zero-order valence-electron chi connectivity index (χ0n) is 13.7. The molecule has 2 rings (SSSR count). The molecule has 0 bridgehead atoms. The largest absolute Gasteiger partial charge is 0.390 e. The molecule has 0 fully saturated rings. The van der Waals surface area contributed by atoms with E-state index in [-0.39, 0.29) is 11.4 Å². The van der Waals surface area contributed by atoms with E-state index in [4.69, 9.17) is 0 Å². The zero-order valence-corrected chi connectivity index (χ0v) is 14.5. The summed E-state index contributed by atoms with van der Waals surface area (Å²) in [6.45, 7) is 5.48. The van der Waals surface area contributed by atoms with Crippen molar-refractivity contribution in [3.63, 3.8) is 0 Å². The lowest BCUT2D eigenvalue weighted by Gasteiger charge is -2.27. The van der Waals surface area contributed by atoms with E-state index in [9.17, 15) is 13.5 Å². The molecule has 0 spiro atoms. The molecule has 124 valence electrons. The van der Waals surface area contributed by atoms with Gasteiger partial charge in [0.2, 0.25) is 0 Å². The second kappa shape index (κ2) is 6.72. The van der Waals surface area contributed by atoms with Crippen molar-refractivity contribution >= 4 is 15.7 Å². The summed E-state index contributed by atoms with van der Waals surface area (Å²) in [5.41, 5.74) is 0.666. The van der Waals surface area contributed by atoms with Gasteiger partial charge in [0, 0.05) is 6.54 Å². The van der Waals surface area contributed by atoms with Crippen LogP contribution < -0.4 is 4.31 Å². The first kappa shape index (κ1) is 17.5. The normalized spacial score (nSPS) is 12.2. The van der Waals surface area contributed by atoms with Crippen molar-refractivity contribution in [3.8, 4) is 0 Å². The van der Waals surface area contributed by atoms with E-state index < -0.39 is 15.6 Å². The average molecular weight is 333 g/mol. The third-order valence-electron chi connectivity index (χ3n) is 3.58. The number of nitrogens with zero attached hydrogens (tertiary/aromatic N) is 1. The first-order valence-electron chi connectivity index (χ1n) is 7.57. The number of aliphatic hydroxyl groups is 1. The third-order valence-corrected chi connectivity index (χ3v) is 5.42. The van der Waals surface area contributed by atoms with Crippen LogP contribution >= 0.6 is 0 Å². The van der Waals surface area contributed by atoms with Gasteiger partial charge in [0.25, 0.3) is 10.0 Å². The molecule has 2 aromatic carbocycles. The van der Waals surface area contributed by atoms with Crippen molar-refractivity contribution in [2.45, 2.75) is 37.7 Å². The molecule has 23 heavy (non-hydrogen) atoms. The highest BCUT2D eigenvalue weighted by Crippen LogP contribution is 2.25. The number of hydrogen-bond donors (Lipinski definition) is 1. The van der Waals surface area contributed by atoms with E-state index in [0.717, 1.165) is 5.56 Å². The SMILES string of the molecule is Cc1ccc(S(=O)(=O)N(CCC(C)(C)O)c2ccccc2)cc1. The molecule has 0 saturated heterocycles. The third kappa shape index (κ3) is 4.56. The topological polar surface area (TPSA) is 57.6 Å². The quantitative estimate of drug-likeness (QED) is 0.882. The summed E-state index contributed by atoms with van der Waals surface area (Å²) < 4.78 is 27.4. The van der Waals surface area contributed by atoms with Crippen LogP contribution in [-0.2, 0) is 10.0 Å². The highest BCUT2D eigenvalue weighted by Gasteiger charge is 2.26. The Morgan fingerprint density at radius 3 is 2.09 bits per heavy atom. The first-order valence-corrected chi connectivity index (χ1v) is 9.01. The fraction of sp³-hybridized carbons (Fsp3) is 0.333. The second-order valence-electron chi connectivity index (χ2n) is 6.29. The Hall–Kier alpha value is -1.85. The Morgan fingerprint density at radius 2 is 1.57 bits per heavy atom. The standard InChI is InChI=1S/C18H23NO3S/c1-15-9-11-17(12-10-15)23(21,22)19(14-13-18(2,3)20)16-7-5-4-6-8-16/h4-12,20H,13-14H2,1-3H3. The molecule has 0 amide bonds. The fourth-order valence-electron chi connectivity index (χ4n) is 2.19. The lowest BCUT2D eigenvalue weighted by Crippen LogP contribution is -2.35. The Labute approximate surface area is 138 Å². The van der Waals surface area contributed by atoms with Gasteiger partial charge in [0.05, 0.1) is 16.2 Å². The van der Waals surface area contributed by atoms with Gasteiger partial charge in [-0.25, -0.2) is 8.42 Å². The minimum absolute atomic E-state index is 0.212. The van der Waals surface area contributed by atoms with Crippen LogP contribution in [0.25, 0.3) is 0 Å². The van der Waals surface area contributed by atoms with E-state index >= 15 is 0 Å². The van der Waals surface area contributed by atoms with Crippen molar-refractivity contribution in [1.82, 2.24) is 0 Å². The minimum Gasteiger partial charge on any atom is -0.390 e. The maximum absolute atomic E-state index is 13.0. The highest BCUT2D eigenvalue weighted by molar-refractivity contribution is 7.92. The summed E-state index contributed by atoms with van der Waals surface area (Å²) in [4.78, 5) is 0.252. The maximum Gasteiger partial charge on any atom is 0.264 e. The summed E-state index contributed by atoms with van der Waals surface area (Å²) in [7, 11) is -3.67. The molecule has 0 atom stereocenters. The Bertz CT molecular complexity index is 732. The predicted octanol–water partition coefficient (Wildman–Crippen LogP) is 3.35. The molecule has 5 heteroatoms. The molecule has 0 unspecified atom stereocenters. The lowest BCUT2D eigenvalue weighted by atomic mass is 10.1. The number of benzene rings is 2. The summed E-state index contributed by atoms with van der Waals surface area (Å²) in [6, 6.07) is 15.8. The maximum atomic E-state index is 13.0. The molecule has 0 aliphatic rings. The molecule has 0 radical (unpaired) electrons. The van der Waals surface area contributed by atoms with E-state index in [2.05, 4.69) is 0 Å². The molecule has 0 saturated carbocycles.